The molecule has 132 valence electrons. The molecule has 6 heteroatoms. The van der Waals surface area contributed by atoms with Crippen molar-refractivity contribution in [1.29, 1.82) is 0 Å². The Labute approximate surface area is 164 Å². The maximum Gasteiger partial charge on any atom is 0.279 e. The number of para-hydroxylation sites is 1. The van der Waals surface area contributed by atoms with E-state index in [0.29, 0.717) is 15.7 Å². The number of halogens is 1. The average Bonchev–Trinajstić information content (AvgIpc) is 3.13. The predicted molar refractivity (Wildman–Crippen MR) is 109 cm³/mol. The molecule has 3 aromatic carbocycles. The molecule has 0 saturated carbocycles. The molecule has 27 heavy (non-hydrogen) atoms. The zero-order valence-corrected chi connectivity index (χ0v) is 15.7. The number of hydrogen-bond acceptors (Lipinski definition) is 3. The maximum atomic E-state index is 11.6. The summed E-state index contributed by atoms with van der Waals surface area (Å²) in [5.74, 6) is 0.724. The van der Waals surface area contributed by atoms with Crippen LogP contribution < -0.4 is 0 Å². The van der Waals surface area contributed by atoms with Gasteiger partial charge in [-0.2, -0.15) is 0 Å². The minimum Gasteiger partial charge on any atom is -0.292 e. The van der Waals surface area contributed by atoms with Gasteiger partial charge in [0.05, 0.1) is 22.4 Å². The second-order valence-electron chi connectivity index (χ2n) is 5.90. The highest BCUT2D eigenvalue weighted by molar-refractivity contribution is 9.10. The molecule has 0 spiro atoms. The second-order valence-corrected chi connectivity index (χ2v) is 6.75. The molecule has 0 saturated heterocycles. The minimum absolute atomic E-state index is 0.0288. The lowest BCUT2D eigenvalue weighted by Gasteiger charge is -2.13. The summed E-state index contributed by atoms with van der Waals surface area (Å²) in [6.07, 6.45) is 1.68. The standard InChI is InChI=1S/C21H14BrN3O2/c22-17-12-7-13-18(25(26)27)20(17)19-14-23-21(15-8-3-1-4-9-15)24(19)16-10-5-2-6-11-16/h1-14H. The van der Waals surface area contributed by atoms with Crippen LogP contribution in [0.15, 0.2) is 89.5 Å². The highest BCUT2D eigenvalue weighted by Crippen LogP contribution is 2.39. The number of nitro benzene ring substituents is 1. The van der Waals surface area contributed by atoms with Crippen LogP contribution in [0, 0.1) is 10.1 Å². The summed E-state index contributed by atoms with van der Waals surface area (Å²) in [6, 6.07) is 24.5. The molecule has 4 aromatic rings. The van der Waals surface area contributed by atoms with Crippen molar-refractivity contribution >= 4 is 21.6 Å². The molecule has 0 radical (unpaired) electrons. The van der Waals surface area contributed by atoms with Gasteiger partial charge in [-0.25, -0.2) is 4.98 Å². The molecule has 0 bridgehead atoms. The first-order valence-corrected chi connectivity index (χ1v) is 9.08. The molecule has 0 aliphatic heterocycles. The second kappa shape index (κ2) is 7.17. The first-order chi connectivity index (χ1) is 13.2. The van der Waals surface area contributed by atoms with Crippen LogP contribution in [-0.2, 0) is 0 Å². The topological polar surface area (TPSA) is 61.0 Å². The fourth-order valence-electron chi connectivity index (χ4n) is 3.08. The van der Waals surface area contributed by atoms with E-state index in [4.69, 9.17) is 0 Å². The van der Waals surface area contributed by atoms with E-state index in [0.717, 1.165) is 17.1 Å². The molecule has 0 fully saturated rings. The summed E-state index contributed by atoms with van der Waals surface area (Å²) in [5.41, 5.74) is 3.00. The Bertz CT molecular complexity index is 1110. The van der Waals surface area contributed by atoms with Crippen LogP contribution in [0.5, 0.6) is 0 Å². The van der Waals surface area contributed by atoms with Crippen molar-refractivity contribution in [2.45, 2.75) is 0 Å². The highest BCUT2D eigenvalue weighted by Gasteiger charge is 2.24. The number of hydrogen-bond donors (Lipinski definition) is 0. The Balaban J connectivity index is 2.05. The number of aromatic nitrogens is 2. The van der Waals surface area contributed by atoms with Crippen LogP contribution in [0.25, 0.3) is 28.3 Å². The molecule has 1 aromatic heterocycles. The van der Waals surface area contributed by atoms with Gasteiger partial charge in [-0.1, -0.05) is 54.6 Å². The smallest absolute Gasteiger partial charge is 0.279 e. The molecule has 0 amide bonds. The van der Waals surface area contributed by atoms with Gasteiger partial charge < -0.3 is 0 Å². The lowest BCUT2D eigenvalue weighted by atomic mass is 10.1. The third-order valence-corrected chi connectivity index (χ3v) is 4.91. The van der Waals surface area contributed by atoms with Crippen LogP contribution in [-0.4, -0.2) is 14.5 Å². The number of rotatable bonds is 4. The summed E-state index contributed by atoms with van der Waals surface area (Å²) < 4.78 is 2.59. The van der Waals surface area contributed by atoms with Gasteiger partial charge in [-0.05, 0) is 34.1 Å². The number of nitrogens with zero attached hydrogens (tertiary/aromatic N) is 3. The van der Waals surface area contributed by atoms with Crippen molar-refractivity contribution < 1.29 is 4.92 Å². The van der Waals surface area contributed by atoms with Crippen LogP contribution >= 0.6 is 15.9 Å². The van der Waals surface area contributed by atoms with Crippen LogP contribution in [0.2, 0.25) is 0 Å². The van der Waals surface area contributed by atoms with Gasteiger partial charge in [0, 0.05) is 21.8 Å². The molecule has 0 atom stereocenters. The number of nitro groups is 1. The normalized spacial score (nSPS) is 10.7. The Morgan fingerprint density at radius 2 is 1.56 bits per heavy atom. The lowest BCUT2D eigenvalue weighted by Crippen LogP contribution is -2.02. The predicted octanol–water partition coefficient (Wildman–Crippen LogP) is 5.88. The molecular formula is C21H14BrN3O2. The first-order valence-electron chi connectivity index (χ1n) is 8.28. The molecule has 0 aliphatic rings. The molecule has 1 heterocycles. The fraction of sp³-hybridized carbons (Fsp3) is 0. The molecule has 0 N–H and O–H groups in total. The van der Waals surface area contributed by atoms with Gasteiger partial charge in [0.1, 0.15) is 5.82 Å². The Morgan fingerprint density at radius 3 is 2.22 bits per heavy atom. The quantitative estimate of drug-likeness (QED) is 0.306. The zero-order chi connectivity index (χ0) is 18.8. The van der Waals surface area contributed by atoms with Crippen molar-refractivity contribution in [2.24, 2.45) is 0 Å². The molecule has 0 unspecified atom stereocenters. The summed E-state index contributed by atoms with van der Waals surface area (Å²) in [7, 11) is 0. The van der Waals surface area contributed by atoms with Crippen molar-refractivity contribution in [3.8, 4) is 28.3 Å². The average molecular weight is 420 g/mol. The first kappa shape index (κ1) is 17.2. The SMILES string of the molecule is O=[N+]([O-])c1cccc(Br)c1-c1cnc(-c2ccccc2)n1-c1ccccc1. The van der Waals surface area contributed by atoms with Gasteiger partial charge in [0.2, 0.25) is 0 Å². The van der Waals surface area contributed by atoms with Gasteiger partial charge in [0.15, 0.2) is 0 Å². The minimum atomic E-state index is -0.370. The van der Waals surface area contributed by atoms with Crippen LogP contribution in [0.3, 0.4) is 0 Å². The molecule has 0 aliphatic carbocycles. The van der Waals surface area contributed by atoms with E-state index < -0.39 is 0 Å². The van der Waals surface area contributed by atoms with Crippen molar-refractivity contribution in [3.63, 3.8) is 0 Å². The van der Waals surface area contributed by atoms with Crippen molar-refractivity contribution in [2.75, 3.05) is 0 Å². The van der Waals surface area contributed by atoms with Gasteiger partial charge >= 0.3 is 0 Å². The van der Waals surface area contributed by atoms with Gasteiger partial charge in [-0.15, -0.1) is 0 Å². The molecular weight excluding hydrogens is 406 g/mol. The monoisotopic (exact) mass is 419 g/mol. The van der Waals surface area contributed by atoms with Crippen LogP contribution in [0.4, 0.5) is 5.69 Å². The third-order valence-electron chi connectivity index (χ3n) is 4.25. The van der Waals surface area contributed by atoms with Crippen molar-refractivity contribution in [1.82, 2.24) is 9.55 Å². The van der Waals surface area contributed by atoms with E-state index in [9.17, 15) is 10.1 Å². The van der Waals surface area contributed by atoms with Crippen LogP contribution in [0.1, 0.15) is 0 Å². The third kappa shape index (κ3) is 3.15. The number of benzene rings is 3. The Hall–Kier alpha value is -3.25. The van der Waals surface area contributed by atoms with E-state index in [2.05, 4.69) is 20.9 Å². The lowest BCUT2D eigenvalue weighted by molar-refractivity contribution is -0.384. The fourth-order valence-corrected chi connectivity index (χ4v) is 3.63. The van der Waals surface area contributed by atoms with Crippen molar-refractivity contribution in [3.05, 3.63) is 99.6 Å². The van der Waals surface area contributed by atoms with Gasteiger partial charge in [0.25, 0.3) is 5.69 Å². The largest absolute Gasteiger partial charge is 0.292 e. The van der Waals surface area contributed by atoms with E-state index in [1.165, 1.54) is 6.07 Å². The Morgan fingerprint density at radius 1 is 0.889 bits per heavy atom. The number of imidazole rings is 1. The molecule has 4 rings (SSSR count). The van der Waals surface area contributed by atoms with E-state index in [1.807, 2.05) is 65.2 Å². The van der Waals surface area contributed by atoms with E-state index in [-0.39, 0.29) is 10.6 Å². The maximum absolute atomic E-state index is 11.6. The highest BCUT2D eigenvalue weighted by atomic mass is 79.9. The Kier molecular flexibility index (Phi) is 4.56. The summed E-state index contributed by atoms with van der Waals surface area (Å²) in [6.45, 7) is 0. The summed E-state index contributed by atoms with van der Waals surface area (Å²) in [5, 5.41) is 11.6. The summed E-state index contributed by atoms with van der Waals surface area (Å²) >= 11 is 3.48. The molecule has 5 nitrogen and oxygen atoms in total. The summed E-state index contributed by atoms with van der Waals surface area (Å²) in [4.78, 5) is 15.9. The van der Waals surface area contributed by atoms with Gasteiger partial charge in [-0.3, -0.25) is 14.7 Å². The van der Waals surface area contributed by atoms with E-state index in [1.54, 1.807) is 18.3 Å². The van der Waals surface area contributed by atoms with E-state index >= 15 is 0 Å². The zero-order valence-electron chi connectivity index (χ0n) is 14.1.